The van der Waals surface area contributed by atoms with Crippen LogP contribution in [0.3, 0.4) is 0 Å². The summed E-state index contributed by atoms with van der Waals surface area (Å²) in [5, 5.41) is 8.82. The highest BCUT2D eigenvalue weighted by molar-refractivity contribution is 6.16. The molecule has 0 radical (unpaired) electrons. The van der Waals surface area contributed by atoms with Crippen molar-refractivity contribution in [2.75, 3.05) is 6.61 Å². The van der Waals surface area contributed by atoms with Crippen molar-refractivity contribution in [1.29, 1.82) is 0 Å². The lowest BCUT2D eigenvalue weighted by Crippen LogP contribution is -2.33. The van der Waals surface area contributed by atoms with Crippen LogP contribution in [0.15, 0.2) is 0 Å². The summed E-state index contributed by atoms with van der Waals surface area (Å²) >= 11 is 0. The van der Waals surface area contributed by atoms with Gasteiger partial charge in [-0.05, 0) is 20.8 Å². The van der Waals surface area contributed by atoms with E-state index < -0.39 is 41.9 Å². The molecule has 1 unspecified atom stereocenters. The molecule has 0 saturated heterocycles. The first-order valence-electron chi connectivity index (χ1n) is 4.65. The number of rotatable bonds is 6. The first kappa shape index (κ1) is 14.4. The van der Waals surface area contributed by atoms with Crippen molar-refractivity contribution >= 4 is 23.3 Å². The standard InChI is InChI=1S/C10H14O6/c1-5(11)8(14)4-16-10(15)9(6(2)12)7(3)13/h5,9,11H,4H2,1-3H3. The molecule has 0 bridgehead atoms. The fraction of sp³-hybridized carbons (Fsp3) is 0.600. The van der Waals surface area contributed by atoms with Gasteiger partial charge in [0.1, 0.15) is 6.10 Å². The number of Topliss-reactive ketones (excluding diaryl/α,β-unsaturated/α-hetero) is 3. The summed E-state index contributed by atoms with van der Waals surface area (Å²) in [4.78, 5) is 44.1. The highest BCUT2D eigenvalue weighted by atomic mass is 16.5. The van der Waals surface area contributed by atoms with Gasteiger partial charge in [0.05, 0.1) is 0 Å². The van der Waals surface area contributed by atoms with Gasteiger partial charge in [0.2, 0.25) is 0 Å². The average molecular weight is 230 g/mol. The molecule has 0 aliphatic rings. The molecule has 0 rings (SSSR count). The molecule has 0 aromatic rings. The Kier molecular flexibility index (Phi) is 5.52. The van der Waals surface area contributed by atoms with E-state index in [1.54, 1.807) is 0 Å². The van der Waals surface area contributed by atoms with Crippen LogP contribution >= 0.6 is 0 Å². The second-order valence-corrected chi connectivity index (χ2v) is 3.40. The summed E-state index contributed by atoms with van der Waals surface area (Å²) in [6.45, 7) is 2.75. The van der Waals surface area contributed by atoms with Crippen LogP contribution < -0.4 is 0 Å². The smallest absolute Gasteiger partial charge is 0.324 e. The number of ether oxygens (including phenoxy) is 1. The summed E-state index contributed by atoms with van der Waals surface area (Å²) < 4.78 is 4.46. The quantitative estimate of drug-likeness (QED) is 0.477. The molecule has 1 atom stereocenters. The lowest BCUT2D eigenvalue weighted by Gasteiger charge is -2.10. The van der Waals surface area contributed by atoms with Crippen LogP contribution in [0.1, 0.15) is 20.8 Å². The number of hydrogen-bond donors (Lipinski definition) is 1. The number of ketones is 3. The average Bonchev–Trinajstić information content (AvgIpc) is 2.12. The van der Waals surface area contributed by atoms with Gasteiger partial charge in [-0.15, -0.1) is 0 Å². The lowest BCUT2D eigenvalue weighted by molar-refractivity contribution is -0.158. The number of carbonyl (C=O) groups excluding carboxylic acids is 4. The summed E-state index contributed by atoms with van der Waals surface area (Å²) in [6.07, 6.45) is -1.25. The molecule has 0 saturated carbocycles. The molecular formula is C10H14O6. The predicted octanol–water partition coefficient (Wildman–Crippen LogP) is -0.726. The van der Waals surface area contributed by atoms with Crippen molar-refractivity contribution in [3.63, 3.8) is 0 Å². The Labute approximate surface area is 92.6 Å². The summed E-state index contributed by atoms with van der Waals surface area (Å²) in [5.74, 6) is -4.51. The summed E-state index contributed by atoms with van der Waals surface area (Å²) in [5.41, 5.74) is 0. The van der Waals surface area contributed by atoms with Crippen LogP contribution in [-0.4, -0.2) is 41.1 Å². The van der Waals surface area contributed by atoms with Gasteiger partial charge in [-0.1, -0.05) is 0 Å². The normalized spacial score (nSPS) is 12.1. The van der Waals surface area contributed by atoms with Gasteiger partial charge in [0.15, 0.2) is 29.9 Å². The molecule has 1 N–H and O–H groups in total. The van der Waals surface area contributed by atoms with E-state index in [1.165, 1.54) is 6.92 Å². The maximum atomic E-state index is 11.3. The molecule has 0 aliphatic heterocycles. The van der Waals surface area contributed by atoms with Crippen molar-refractivity contribution < 1.29 is 29.0 Å². The summed E-state index contributed by atoms with van der Waals surface area (Å²) in [7, 11) is 0. The molecule has 0 aliphatic carbocycles. The van der Waals surface area contributed by atoms with E-state index in [-0.39, 0.29) is 0 Å². The number of carbonyl (C=O) groups is 4. The molecule has 6 heteroatoms. The molecule has 0 fully saturated rings. The first-order valence-corrected chi connectivity index (χ1v) is 4.65. The van der Waals surface area contributed by atoms with Gasteiger partial charge in [-0.2, -0.15) is 0 Å². The van der Waals surface area contributed by atoms with Crippen molar-refractivity contribution in [2.24, 2.45) is 5.92 Å². The van der Waals surface area contributed by atoms with Crippen LogP contribution in [0.4, 0.5) is 0 Å². The SMILES string of the molecule is CC(=O)C(C(C)=O)C(=O)OCC(=O)C(C)O. The summed E-state index contributed by atoms with van der Waals surface area (Å²) in [6, 6.07) is 0. The van der Waals surface area contributed by atoms with Gasteiger partial charge >= 0.3 is 5.97 Å². The van der Waals surface area contributed by atoms with Gasteiger partial charge in [0, 0.05) is 0 Å². The van der Waals surface area contributed by atoms with Gasteiger partial charge in [-0.25, -0.2) is 0 Å². The van der Waals surface area contributed by atoms with Crippen molar-refractivity contribution in [3.8, 4) is 0 Å². The van der Waals surface area contributed by atoms with Crippen molar-refractivity contribution in [2.45, 2.75) is 26.9 Å². The highest BCUT2D eigenvalue weighted by Crippen LogP contribution is 2.03. The van der Waals surface area contributed by atoms with Crippen LogP contribution in [-0.2, 0) is 23.9 Å². The molecule has 0 heterocycles. The Morgan fingerprint density at radius 1 is 1.12 bits per heavy atom. The third-order valence-electron chi connectivity index (χ3n) is 1.87. The molecule has 0 aromatic carbocycles. The zero-order chi connectivity index (χ0) is 12.9. The second kappa shape index (κ2) is 6.12. The third-order valence-corrected chi connectivity index (χ3v) is 1.87. The largest absolute Gasteiger partial charge is 0.457 e. The van der Waals surface area contributed by atoms with E-state index >= 15 is 0 Å². The minimum absolute atomic E-state index is 0.637. The molecular weight excluding hydrogens is 216 g/mol. The fourth-order valence-electron chi connectivity index (χ4n) is 0.964. The maximum Gasteiger partial charge on any atom is 0.324 e. The molecule has 16 heavy (non-hydrogen) atoms. The second-order valence-electron chi connectivity index (χ2n) is 3.40. The lowest BCUT2D eigenvalue weighted by atomic mass is 10.0. The van der Waals surface area contributed by atoms with Crippen molar-refractivity contribution in [1.82, 2.24) is 0 Å². The Morgan fingerprint density at radius 3 is 1.88 bits per heavy atom. The molecule has 0 spiro atoms. The first-order chi connectivity index (χ1) is 7.27. The fourth-order valence-corrected chi connectivity index (χ4v) is 0.964. The van der Waals surface area contributed by atoms with E-state index in [0.717, 1.165) is 13.8 Å². The van der Waals surface area contributed by atoms with E-state index in [9.17, 15) is 19.2 Å². The minimum atomic E-state index is -1.48. The van der Waals surface area contributed by atoms with Crippen molar-refractivity contribution in [3.05, 3.63) is 0 Å². The number of hydrogen-bond acceptors (Lipinski definition) is 6. The molecule has 0 aromatic heterocycles. The Hall–Kier alpha value is -1.56. The highest BCUT2D eigenvalue weighted by Gasteiger charge is 2.30. The van der Waals surface area contributed by atoms with Crippen LogP contribution in [0, 0.1) is 5.92 Å². The van der Waals surface area contributed by atoms with Gasteiger partial charge in [0.25, 0.3) is 0 Å². The Balaban J connectivity index is 4.39. The van der Waals surface area contributed by atoms with Gasteiger partial charge < -0.3 is 9.84 Å². The molecule has 6 nitrogen and oxygen atoms in total. The van der Waals surface area contributed by atoms with Crippen LogP contribution in [0.25, 0.3) is 0 Å². The number of esters is 1. The van der Waals surface area contributed by atoms with E-state index in [1.807, 2.05) is 0 Å². The number of aliphatic hydroxyl groups is 1. The van der Waals surface area contributed by atoms with Crippen LogP contribution in [0.2, 0.25) is 0 Å². The minimum Gasteiger partial charge on any atom is -0.457 e. The topological polar surface area (TPSA) is 97.7 Å². The molecule has 0 amide bonds. The predicted molar refractivity (Wildman–Crippen MR) is 52.5 cm³/mol. The van der Waals surface area contributed by atoms with Gasteiger partial charge in [-0.3, -0.25) is 19.2 Å². The molecule has 90 valence electrons. The zero-order valence-electron chi connectivity index (χ0n) is 9.35. The Bertz CT molecular complexity index is 303. The number of aliphatic hydroxyl groups excluding tert-OH is 1. The van der Waals surface area contributed by atoms with E-state index in [2.05, 4.69) is 4.74 Å². The van der Waals surface area contributed by atoms with E-state index in [0.29, 0.717) is 0 Å². The maximum absolute atomic E-state index is 11.3. The Morgan fingerprint density at radius 2 is 1.56 bits per heavy atom. The third kappa shape index (κ3) is 4.31. The monoisotopic (exact) mass is 230 g/mol. The van der Waals surface area contributed by atoms with E-state index in [4.69, 9.17) is 5.11 Å². The van der Waals surface area contributed by atoms with Crippen LogP contribution in [0.5, 0.6) is 0 Å². The zero-order valence-corrected chi connectivity index (χ0v) is 9.35.